The van der Waals surface area contributed by atoms with E-state index < -0.39 is 6.04 Å². The minimum absolute atomic E-state index is 0.147. The molecule has 10 nitrogen and oxygen atoms in total. The van der Waals surface area contributed by atoms with Gasteiger partial charge in [-0.25, -0.2) is 0 Å². The molecule has 1 atom stereocenters. The number of hydrogen-bond acceptors (Lipinski definition) is 7. The first-order valence-corrected chi connectivity index (χ1v) is 12.6. The molecule has 3 aromatic rings. The quantitative estimate of drug-likeness (QED) is 0.430. The highest BCUT2D eigenvalue weighted by atomic mass is 35.5. The monoisotopic (exact) mass is 526 g/mol. The number of hydrogen-bond donors (Lipinski definition) is 1. The fraction of sp³-hybridized carbons (Fsp3) is 0.423. The summed E-state index contributed by atoms with van der Waals surface area (Å²) in [7, 11) is 3.10. The van der Waals surface area contributed by atoms with Gasteiger partial charge in [0.05, 0.1) is 14.2 Å². The van der Waals surface area contributed by atoms with Crippen molar-refractivity contribution in [2.24, 2.45) is 0 Å². The topological polar surface area (TPSA) is 111 Å². The zero-order valence-electron chi connectivity index (χ0n) is 21.2. The summed E-state index contributed by atoms with van der Waals surface area (Å²) in [6, 6.07) is 12.0. The highest BCUT2D eigenvalue weighted by molar-refractivity contribution is 6.31. The first kappa shape index (κ1) is 26.4. The van der Waals surface area contributed by atoms with Gasteiger partial charge < -0.3 is 19.7 Å². The van der Waals surface area contributed by atoms with Crippen LogP contribution < -0.4 is 14.8 Å². The summed E-state index contributed by atoms with van der Waals surface area (Å²) in [6.45, 7) is 1.71. The van der Waals surface area contributed by atoms with E-state index in [-0.39, 0.29) is 30.9 Å². The fourth-order valence-corrected chi connectivity index (χ4v) is 4.59. The average molecular weight is 527 g/mol. The number of halogens is 1. The predicted molar refractivity (Wildman–Crippen MR) is 138 cm³/mol. The SMILES string of the molecule is COc1ccc(-c2nnn(CC(=O)N(Cc3ccccc3Cl)[C@@H](C)C(=O)NC3CCCC3)n2)cc1OC. The lowest BCUT2D eigenvalue weighted by atomic mass is 10.1. The van der Waals surface area contributed by atoms with E-state index >= 15 is 0 Å². The number of tetrazole rings is 1. The van der Waals surface area contributed by atoms with Crippen molar-refractivity contribution in [1.29, 1.82) is 0 Å². The smallest absolute Gasteiger partial charge is 0.247 e. The van der Waals surface area contributed by atoms with Crippen LogP contribution in [0.2, 0.25) is 5.02 Å². The Morgan fingerprint density at radius 2 is 1.86 bits per heavy atom. The maximum absolute atomic E-state index is 13.5. The van der Waals surface area contributed by atoms with E-state index in [0.717, 1.165) is 31.2 Å². The Labute approximate surface area is 220 Å². The van der Waals surface area contributed by atoms with Crippen LogP contribution >= 0.6 is 11.6 Å². The van der Waals surface area contributed by atoms with Gasteiger partial charge in [-0.1, -0.05) is 42.6 Å². The van der Waals surface area contributed by atoms with Gasteiger partial charge in [0.15, 0.2) is 11.5 Å². The van der Waals surface area contributed by atoms with Crippen molar-refractivity contribution < 1.29 is 19.1 Å². The van der Waals surface area contributed by atoms with Crippen molar-refractivity contribution in [1.82, 2.24) is 30.4 Å². The molecule has 1 aromatic heterocycles. The minimum Gasteiger partial charge on any atom is -0.493 e. The van der Waals surface area contributed by atoms with Crippen LogP contribution in [0, 0.1) is 0 Å². The molecule has 0 saturated heterocycles. The molecule has 0 radical (unpaired) electrons. The lowest BCUT2D eigenvalue weighted by molar-refractivity contribution is -0.141. The second-order valence-corrected chi connectivity index (χ2v) is 9.40. The van der Waals surface area contributed by atoms with E-state index in [1.165, 1.54) is 9.70 Å². The molecule has 1 aliphatic rings. The molecule has 4 rings (SSSR count). The molecule has 1 N–H and O–H groups in total. The Morgan fingerprint density at radius 1 is 1.14 bits per heavy atom. The van der Waals surface area contributed by atoms with Crippen LogP contribution in [0.3, 0.4) is 0 Å². The van der Waals surface area contributed by atoms with E-state index in [1.807, 2.05) is 18.2 Å². The lowest BCUT2D eigenvalue weighted by Gasteiger charge is -2.29. The number of ether oxygens (including phenoxy) is 2. The first-order valence-electron chi connectivity index (χ1n) is 12.2. The summed E-state index contributed by atoms with van der Waals surface area (Å²) in [5, 5.41) is 16.1. The average Bonchev–Trinajstić information content (AvgIpc) is 3.59. The number of aromatic nitrogens is 4. The van der Waals surface area contributed by atoms with Crippen LogP contribution in [0.1, 0.15) is 38.2 Å². The third-order valence-electron chi connectivity index (χ3n) is 6.54. The van der Waals surface area contributed by atoms with E-state index in [1.54, 1.807) is 45.4 Å². The van der Waals surface area contributed by atoms with Crippen LogP contribution in [0.4, 0.5) is 0 Å². The number of benzene rings is 2. The van der Waals surface area contributed by atoms with E-state index in [0.29, 0.717) is 27.9 Å². The molecule has 1 heterocycles. The molecule has 1 fully saturated rings. The van der Waals surface area contributed by atoms with Crippen LogP contribution in [0.15, 0.2) is 42.5 Å². The third-order valence-corrected chi connectivity index (χ3v) is 6.91. The van der Waals surface area contributed by atoms with Crippen LogP contribution in [-0.2, 0) is 22.7 Å². The van der Waals surface area contributed by atoms with Gasteiger partial charge in [0.1, 0.15) is 12.6 Å². The normalized spacial score (nSPS) is 14.3. The van der Waals surface area contributed by atoms with Gasteiger partial charge in [0, 0.05) is 23.2 Å². The summed E-state index contributed by atoms with van der Waals surface area (Å²) in [5.74, 6) is 0.919. The van der Waals surface area contributed by atoms with Crippen molar-refractivity contribution in [2.75, 3.05) is 14.2 Å². The third kappa shape index (κ3) is 6.37. The molecule has 2 aromatic carbocycles. The molecular weight excluding hydrogens is 496 g/mol. The van der Waals surface area contributed by atoms with Crippen molar-refractivity contribution in [3.63, 3.8) is 0 Å². The Morgan fingerprint density at radius 3 is 2.57 bits per heavy atom. The minimum atomic E-state index is -0.710. The number of nitrogens with zero attached hydrogens (tertiary/aromatic N) is 5. The van der Waals surface area contributed by atoms with E-state index in [4.69, 9.17) is 21.1 Å². The number of rotatable bonds is 10. The van der Waals surface area contributed by atoms with Gasteiger partial charge >= 0.3 is 0 Å². The number of methoxy groups -OCH3 is 2. The van der Waals surface area contributed by atoms with Crippen LogP contribution in [0.5, 0.6) is 11.5 Å². The molecular formula is C26H31ClN6O4. The number of amides is 2. The van der Waals surface area contributed by atoms with Crippen molar-refractivity contribution in [3.8, 4) is 22.9 Å². The van der Waals surface area contributed by atoms with Crippen molar-refractivity contribution in [3.05, 3.63) is 53.1 Å². The molecule has 0 bridgehead atoms. The molecule has 196 valence electrons. The summed E-state index contributed by atoms with van der Waals surface area (Å²) >= 11 is 6.37. The molecule has 2 amide bonds. The predicted octanol–water partition coefficient (Wildman–Crippen LogP) is 3.49. The van der Waals surface area contributed by atoms with Gasteiger partial charge in [-0.05, 0) is 54.8 Å². The zero-order chi connectivity index (χ0) is 26.4. The maximum Gasteiger partial charge on any atom is 0.247 e. The number of carbonyl (C=O) groups is 2. The van der Waals surface area contributed by atoms with Crippen molar-refractivity contribution >= 4 is 23.4 Å². The molecule has 0 aliphatic heterocycles. The van der Waals surface area contributed by atoms with Gasteiger partial charge in [-0.2, -0.15) is 4.80 Å². The second kappa shape index (κ2) is 12.1. The van der Waals surface area contributed by atoms with Crippen LogP contribution in [0.25, 0.3) is 11.4 Å². The molecule has 0 spiro atoms. The fourth-order valence-electron chi connectivity index (χ4n) is 4.40. The van der Waals surface area contributed by atoms with Gasteiger partial charge in [0.2, 0.25) is 17.6 Å². The van der Waals surface area contributed by atoms with E-state index in [9.17, 15) is 9.59 Å². The number of carbonyl (C=O) groups excluding carboxylic acids is 2. The summed E-state index contributed by atoms with van der Waals surface area (Å²) < 4.78 is 10.6. The Bertz CT molecular complexity index is 1240. The lowest BCUT2D eigenvalue weighted by Crippen LogP contribution is -2.50. The highest BCUT2D eigenvalue weighted by Crippen LogP contribution is 2.30. The standard InChI is InChI=1S/C26H31ClN6O4/c1-17(26(35)28-20-9-5-6-10-20)32(15-19-8-4-7-11-21(19)27)24(34)16-33-30-25(29-31-33)18-12-13-22(36-2)23(14-18)37-3/h4,7-8,11-14,17,20H,5-6,9-10,15-16H2,1-3H3,(H,28,35)/t17-/m0/s1. The van der Waals surface area contributed by atoms with Crippen LogP contribution in [-0.4, -0.2) is 63.2 Å². The summed E-state index contributed by atoms with van der Waals surface area (Å²) in [4.78, 5) is 29.3. The van der Waals surface area contributed by atoms with Gasteiger partial charge in [-0.3, -0.25) is 9.59 Å². The Kier molecular flexibility index (Phi) is 8.60. The molecule has 11 heteroatoms. The molecule has 0 unspecified atom stereocenters. The molecule has 1 aliphatic carbocycles. The maximum atomic E-state index is 13.5. The van der Waals surface area contributed by atoms with E-state index in [2.05, 4.69) is 20.7 Å². The summed E-state index contributed by atoms with van der Waals surface area (Å²) in [6.07, 6.45) is 4.11. The highest BCUT2D eigenvalue weighted by Gasteiger charge is 2.29. The van der Waals surface area contributed by atoms with Gasteiger partial charge in [-0.15, -0.1) is 10.2 Å². The largest absolute Gasteiger partial charge is 0.493 e. The van der Waals surface area contributed by atoms with Gasteiger partial charge in [0.25, 0.3) is 0 Å². The zero-order valence-corrected chi connectivity index (χ0v) is 21.9. The molecule has 1 saturated carbocycles. The number of nitrogens with one attached hydrogen (secondary N) is 1. The Hall–Kier alpha value is -3.66. The molecule has 37 heavy (non-hydrogen) atoms. The summed E-state index contributed by atoms with van der Waals surface area (Å²) in [5.41, 5.74) is 1.41. The van der Waals surface area contributed by atoms with Crippen molar-refractivity contribution in [2.45, 2.75) is 57.8 Å². The second-order valence-electron chi connectivity index (χ2n) is 8.99. The first-order chi connectivity index (χ1) is 17.9. The Balaban J connectivity index is 1.52.